The van der Waals surface area contributed by atoms with Gasteiger partial charge in [0.15, 0.2) is 0 Å². The Morgan fingerprint density at radius 2 is 1.96 bits per heavy atom. The van der Waals surface area contributed by atoms with Crippen molar-refractivity contribution in [2.24, 2.45) is 5.92 Å². The van der Waals surface area contributed by atoms with Gasteiger partial charge in [-0.15, -0.1) is 0 Å². The maximum Gasteiger partial charge on any atom is 0.134 e. The highest BCUT2D eigenvalue weighted by Crippen LogP contribution is 2.38. The zero-order valence-corrected chi connectivity index (χ0v) is 15.9. The van der Waals surface area contributed by atoms with Crippen LogP contribution in [0.5, 0.6) is 0 Å². The molecular formula is C21H22N6O. The third kappa shape index (κ3) is 3.49. The van der Waals surface area contributed by atoms with Crippen molar-refractivity contribution < 1.29 is 4.74 Å². The van der Waals surface area contributed by atoms with Gasteiger partial charge in [0, 0.05) is 32.5 Å². The quantitative estimate of drug-likeness (QED) is 0.878. The van der Waals surface area contributed by atoms with E-state index >= 15 is 0 Å². The number of nitriles is 2. The Hall–Kier alpha value is -3.16. The van der Waals surface area contributed by atoms with Gasteiger partial charge in [-0.05, 0) is 48.6 Å². The van der Waals surface area contributed by atoms with Gasteiger partial charge < -0.3 is 15.0 Å². The molecule has 0 atom stereocenters. The lowest BCUT2D eigenvalue weighted by molar-refractivity contribution is 0.0675. The molecule has 0 saturated carbocycles. The molecule has 0 radical (unpaired) electrons. The van der Waals surface area contributed by atoms with E-state index in [4.69, 9.17) is 15.0 Å². The van der Waals surface area contributed by atoms with Crippen LogP contribution < -0.4 is 10.2 Å². The minimum atomic E-state index is -0.565. The zero-order chi connectivity index (χ0) is 19.6. The fourth-order valence-electron chi connectivity index (χ4n) is 3.79. The Morgan fingerprint density at radius 1 is 1.18 bits per heavy atom. The molecule has 2 aromatic rings. The van der Waals surface area contributed by atoms with Crippen LogP contribution in [0.4, 0.5) is 17.5 Å². The Kier molecular flexibility index (Phi) is 4.85. The van der Waals surface area contributed by atoms with Gasteiger partial charge in [0.2, 0.25) is 0 Å². The van der Waals surface area contributed by atoms with Crippen molar-refractivity contribution in [1.29, 1.82) is 10.5 Å². The fraction of sp³-hybridized carbons (Fsp3) is 0.429. The highest BCUT2D eigenvalue weighted by Gasteiger charge is 2.36. The van der Waals surface area contributed by atoms with Gasteiger partial charge in [-0.2, -0.15) is 10.5 Å². The molecular weight excluding hydrogens is 352 g/mol. The summed E-state index contributed by atoms with van der Waals surface area (Å²) in [7, 11) is 0. The second-order valence-corrected chi connectivity index (χ2v) is 7.58. The predicted octanol–water partition coefficient (Wildman–Crippen LogP) is 3.12. The van der Waals surface area contributed by atoms with Crippen molar-refractivity contribution in [3.05, 3.63) is 41.6 Å². The number of anilines is 3. The molecule has 4 heterocycles. The lowest BCUT2D eigenvalue weighted by Crippen LogP contribution is -2.45. The van der Waals surface area contributed by atoms with Gasteiger partial charge in [0.1, 0.15) is 17.5 Å². The first-order valence-corrected chi connectivity index (χ1v) is 9.51. The minimum absolute atomic E-state index is 0.531. The molecule has 0 bridgehead atoms. The maximum absolute atomic E-state index is 9.98. The molecule has 2 fully saturated rings. The van der Waals surface area contributed by atoms with E-state index in [1.54, 1.807) is 18.3 Å². The fourth-order valence-corrected chi connectivity index (χ4v) is 3.79. The van der Waals surface area contributed by atoms with E-state index in [0.29, 0.717) is 49.2 Å². The second kappa shape index (κ2) is 7.46. The SMILES string of the molecule is CC1CN(c2cc(C3(C#N)CCOCC3)cc(Nc3cc(C#N)ccn3)n2)C1. The summed E-state index contributed by atoms with van der Waals surface area (Å²) in [5.41, 5.74) is 0.926. The van der Waals surface area contributed by atoms with E-state index in [2.05, 4.69) is 34.3 Å². The average Bonchev–Trinajstić information content (AvgIpc) is 2.72. The Bertz CT molecular complexity index is 948. The Balaban J connectivity index is 1.72. The normalized spacial score (nSPS) is 18.6. The topological polar surface area (TPSA) is 97.9 Å². The smallest absolute Gasteiger partial charge is 0.134 e. The van der Waals surface area contributed by atoms with E-state index < -0.39 is 5.41 Å². The van der Waals surface area contributed by atoms with Crippen LogP contribution in [0.1, 0.15) is 30.9 Å². The Labute approximate surface area is 164 Å². The summed E-state index contributed by atoms with van der Waals surface area (Å²) in [6.45, 7) is 5.30. The van der Waals surface area contributed by atoms with Crippen LogP contribution in [0.25, 0.3) is 0 Å². The Morgan fingerprint density at radius 3 is 2.64 bits per heavy atom. The van der Waals surface area contributed by atoms with Crippen LogP contribution in [0.3, 0.4) is 0 Å². The van der Waals surface area contributed by atoms with Crippen molar-refractivity contribution in [2.45, 2.75) is 25.2 Å². The number of pyridine rings is 2. The number of hydrogen-bond donors (Lipinski definition) is 1. The van der Waals surface area contributed by atoms with Crippen LogP contribution in [0, 0.1) is 28.6 Å². The van der Waals surface area contributed by atoms with Crippen LogP contribution >= 0.6 is 0 Å². The monoisotopic (exact) mass is 374 g/mol. The average molecular weight is 374 g/mol. The van der Waals surface area contributed by atoms with Gasteiger partial charge in [-0.25, -0.2) is 9.97 Å². The molecule has 0 aromatic carbocycles. The maximum atomic E-state index is 9.98. The molecule has 2 aromatic heterocycles. The molecule has 28 heavy (non-hydrogen) atoms. The summed E-state index contributed by atoms with van der Waals surface area (Å²) in [5.74, 6) is 2.71. The number of rotatable bonds is 4. The minimum Gasteiger partial charge on any atom is -0.381 e. The van der Waals surface area contributed by atoms with E-state index in [-0.39, 0.29) is 0 Å². The standard InChI is InChI=1S/C21H22N6O/c1-15-12-27(13-15)20-10-17(21(14-23)3-6-28-7-4-21)9-19(26-20)25-18-8-16(11-22)2-5-24-18/h2,5,8-10,15H,3-4,6-7,12-13H2,1H3,(H,24,25,26). The van der Waals surface area contributed by atoms with Crippen LogP contribution in [-0.4, -0.2) is 36.3 Å². The van der Waals surface area contributed by atoms with E-state index in [1.165, 1.54) is 0 Å². The second-order valence-electron chi connectivity index (χ2n) is 7.58. The summed E-state index contributed by atoms with van der Waals surface area (Å²) in [4.78, 5) is 11.3. The molecule has 4 rings (SSSR count). The van der Waals surface area contributed by atoms with Gasteiger partial charge in [0.05, 0.1) is 23.1 Å². The first kappa shape index (κ1) is 18.2. The van der Waals surface area contributed by atoms with Gasteiger partial charge in [-0.3, -0.25) is 0 Å². The first-order valence-electron chi connectivity index (χ1n) is 9.51. The summed E-state index contributed by atoms with van der Waals surface area (Å²) in [5, 5.41) is 22.3. The molecule has 7 heteroatoms. The highest BCUT2D eigenvalue weighted by atomic mass is 16.5. The predicted molar refractivity (Wildman–Crippen MR) is 105 cm³/mol. The van der Waals surface area contributed by atoms with Crippen LogP contribution in [-0.2, 0) is 10.2 Å². The number of nitrogens with zero attached hydrogens (tertiary/aromatic N) is 5. The summed E-state index contributed by atoms with van der Waals surface area (Å²) < 4.78 is 5.49. The largest absolute Gasteiger partial charge is 0.381 e. The third-order valence-corrected chi connectivity index (χ3v) is 5.46. The van der Waals surface area contributed by atoms with E-state index in [0.717, 1.165) is 24.5 Å². The molecule has 7 nitrogen and oxygen atoms in total. The highest BCUT2D eigenvalue weighted by molar-refractivity contribution is 5.60. The number of hydrogen-bond acceptors (Lipinski definition) is 7. The van der Waals surface area contributed by atoms with Gasteiger partial charge in [0.25, 0.3) is 0 Å². The molecule has 2 saturated heterocycles. The molecule has 0 amide bonds. The number of aromatic nitrogens is 2. The van der Waals surface area contributed by atoms with Crippen molar-refractivity contribution in [3.63, 3.8) is 0 Å². The molecule has 0 aliphatic carbocycles. The van der Waals surface area contributed by atoms with Crippen molar-refractivity contribution in [1.82, 2.24) is 9.97 Å². The molecule has 142 valence electrons. The number of nitrogens with one attached hydrogen (secondary N) is 1. The van der Waals surface area contributed by atoms with Crippen molar-refractivity contribution in [2.75, 3.05) is 36.5 Å². The summed E-state index contributed by atoms with van der Waals surface area (Å²) in [6, 6.07) is 12.0. The number of ether oxygens (including phenoxy) is 1. The third-order valence-electron chi connectivity index (χ3n) is 5.46. The first-order chi connectivity index (χ1) is 13.6. The molecule has 2 aliphatic rings. The van der Waals surface area contributed by atoms with Crippen LogP contribution in [0.15, 0.2) is 30.5 Å². The van der Waals surface area contributed by atoms with Crippen molar-refractivity contribution in [3.8, 4) is 12.1 Å². The molecule has 0 unspecified atom stereocenters. The lowest BCUT2D eigenvalue weighted by atomic mass is 9.75. The lowest BCUT2D eigenvalue weighted by Gasteiger charge is -2.39. The van der Waals surface area contributed by atoms with Crippen molar-refractivity contribution >= 4 is 17.5 Å². The zero-order valence-electron chi connectivity index (χ0n) is 15.9. The summed E-state index contributed by atoms with van der Waals surface area (Å²) >= 11 is 0. The van der Waals surface area contributed by atoms with E-state index in [9.17, 15) is 5.26 Å². The van der Waals surface area contributed by atoms with E-state index in [1.807, 2.05) is 12.1 Å². The molecule has 2 aliphatic heterocycles. The van der Waals surface area contributed by atoms with Gasteiger partial charge >= 0.3 is 0 Å². The van der Waals surface area contributed by atoms with Gasteiger partial charge in [-0.1, -0.05) is 6.92 Å². The van der Waals surface area contributed by atoms with Crippen LogP contribution in [0.2, 0.25) is 0 Å². The summed E-state index contributed by atoms with van der Waals surface area (Å²) in [6.07, 6.45) is 2.94. The molecule has 0 spiro atoms. The molecule has 1 N–H and O–H groups in total.